The second kappa shape index (κ2) is 3.92. The fourth-order valence-electron chi connectivity index (χ4n) is 2.65. The van der Waals surface area contributed by atoms with Crippen molar-refractivity contribution in [2.75, 3.05) is 20.8 Å². The summed E-state index contributed by atoms with van der Waals surface area (Å²) in [4.78, 5) is 24.4. The molecule has 1 unspecified atom stereocenters. The first kappa shape index (κ1) is 13.3. The van der Waals surface area contributed by atoms with E-state index in [1.165, 1.54) is 21.1 Å². The standard InChI is InChI=1S/C10H15NO6S/c1-10(5-16-2)8(9(13)17-3)11-6(12)4-7(11)18(10,14)15/h7-8H,4-5H2,1-3H3/t7-,8+,10?/m1/s1. The van der Waals surface area contributed by atoms with Crippen LogP contribution in [0.3, 0.4) is 0 Å². The normalized spacial score (nSPS) is 37.1. The lowest BCUT2D eigenvalue weighted by molar-refractivity contribution is -0.160. The Hall–Kier alpha value is -1.15. The third-order valence-corrected chi connectivity index (χ3v) is 6.42. The predicted octanol–water partition coefficient (Wildman–Crippen LogP) is -1.08. The van der Waals surface area contributed by atoms with Crippen molar-refractivity contribution in [1.29, 1.82) is 0 Å². The van der Waals surface area contributed by atoms with E-state index in [1.54, 1.807) is 0 Å². The topological polar surface area (TPSA) is 90.0 Å². The van der Waals surface area contributed by atoms with Gasteiger partial charge in [-0.1, -0.05) is 0 Å². The van der Waals surface area contributed by atoms with Gasteiger partial charge in [-0.2, -0.15) is 0 Å². The van der Waals surface area contributed by atoms with E-state index in [9.17, 15) is 18.0 Å². The largest absolute Gasteiger partial charge is 0.467 e. The van der Waals surface area contributed by atoms with Crippen molar-refractivity contribution in [2.24, 2.45) is 0 Å². The number of methoxy groups -OCH3 is 2. The molecule has 2 saturated heterocycles. The minimum Gasteiger partial charge on any atom is -0.467 e. The fourth-order valence-corrected chi connectivity index (χ4v) is 4.98. The second-order valence-electron chi connectivity index (χ2n) is 4.68. The van der Waals surface area contributed by atoms with Gasteiger partial charge in [-0.25, -0.2) is 13.2 Å². The second-order valence-corrected chi connectivity index (χ2v) is 7.24. The van der Waals surface area contributed by atoms with Crippen molar-refractivity contribution in [3.63, 3.8) is 0 Å². The maximum absolute atomic E-state index is 12.4. The molecule has 3 atom stereocenters. The van der Waals surface area contributed by atoms with E-state index in [2.05, 4.69) is 4.74 Å². The number of ether oxygens (including phenoxy) is 2. The first-order valence-corrected chi connectivity index (χ1v) is 6.97. The number of hydrogen-bond donors (Lipinski definition) is 0. The quantitative estimate of drug-likeness (QED) is 0.481. The Morgan fingerprint density at radius 2 is 2.11 bits per heavy atom. The molecule has 8 heteroatoms. The summed E-state index contributed by atoms with van der Waals surface area (Å²) in [6.07, 6.45) is -0.0743. The van der Waals surface area contributed by atoms with Gasteiger partial charge in [0.2, 0.25) is 5.91 Å². The summed E-state index contributed by atoms with van der Waals surface area (Å²) < 4.78 is 32.8. The molecule has 1 amide bonds. The lowest BCUT2D eigenvalue weighted by atomic mass is 9.97. The molecule has 0 aliphatic carbocycles. The summed E-state index contributed by atoms with van der Waals surface area (Å²) in [7, 11) is -1.13. The third kappa shape index (κ3) is 1.36. The third-order valence-electron chi connectivity index (χ3n) is 3.67. The maximum atomic E-state index is 12.4. The zero-order chi connectivity index (χ0) is 13.7. The van der Waals surface area contributed by atoms with Gasteiger partial charge in [-0.3, -0.25) is 4.79 Å². The zero-order valence-corrected chi connectivity index (χ0v) is 11.2. The molecule has 18 heavy (non-hydrogen) atoms. The molecule has 0 aromatic heterocycles. The number of β-lactam (4-membered cyclic amide) rings is 1. The molecule has 2 heterocycles. The Labute approximate surface area is 105 Å². The number of amides is 1. The first-order valence-electron chi connectivity index (χ1n) is 5.42. The SMILES string of the molecule is COCC1(C)[C@H](C(=O)OC)N2C(=O)C[C@H]2S1(=O)=O. The average Bonchev–Trinajstić information content (AvgIpc) is 2.43. The van der Waals surface area contributed by atoms with E-state index in [-0.39, 0.29) is 18.9 Å². The highest BCUT2D eigenvalue weighted by Gasteiger charge is 2.70. The number of carbonyl (C=O) groups excluding carboxylic acids is 2. The van der Waals surface area contributed by atoms with Crippen LogP contribution in [0.5, 0.6) is 0 Å². The lowest BCUT2D eigenvalue weighted by Gasteiger charge is -2.36. The van der Waals surface area contributed by atoms with E-state index < -0.39 is 32.0 Å². The van der Waals surface area contributed by atoms with Crippen molar-refractivity contribution in [1.82, 2.24) is 4.90 Å². The minimum atomic E-state index is -3.65. The van der Waals surface area contributed by atoms with Crippen LogP contribution in [0.25, 0.3) is 0 Å². The van der Waals surface area contributed by atoms with Crippen LogP contribution in [0.15, 0.2) is 0 Å². The molecule has 0 aromatic rings. The summed E-state index contributed by atoms with van der Waals surface area (Å²) in [6, 6.07) is -1.13. The van der Waals surface area contributed by atoms with Crippen molar-refractivity contribution in [3.8, 4) is 0 Å². The number of nitrogens with zero attached hydrogens (tertiary/aromatic N) is 1. The van der Waals surface area contributed by atoms with Crippen molar-refractivity contribution in [2.45, 2.75) is 29.5 Å². The Bertz CT molecular complexity index is 500. The van der Waals surface area contributed by atoms with Crippen molar-refractivity contribution >= 4 is 21.7 Å². The van der Waals surface area contributed by atoms with Gasteiger partial charge in [0.05, 0.1) is 20.1 Å². The smallest absolute Gasteiger partial charge is 0.330 e. The Morgan fingerprint density at radius 1 is 1.50 bits per heavy atom. The molecule has 0 saturated carbocycles. The van der Waals surface area contributed by atoms with Crippen molar-refractivity contribution in [3.05, 3.63) is 0 Å². The van der Waals surface area contributed by atoms with Crippen LogP contribution in [-0.4, -0.2) is 62.2 Å². The first-order chi connectivity index (χ1) is 8.31. The molecule has 0 radical (unpaired) electrons. The van der Waals surface area contributed by atoms with Gasteiger partial charge in [0.1, 0.15) is 10.1 Å². The summed E-state index contributed by atoms with van der Waals surface area (Å²) in [5, 5.41) is -0.922. The highest BCUT2D eigenvalue weighted by molar-refractivity contribution is 7.94. The average molecular weight is 277 g/mol. The molecule has 2 aliphatic rings. The Balaban J connectivity index is 2.52. The minimum absolute atomic E-state index is 0.0743. The van der Waals surface area contributed by atoms with Crippen LogP contribution >= 0.6 is 0 Å². The molecule has 0 aromatic carbocycles. The lowest BCUT2D eigenvalue weighted by Crippen LogP contribution is -2.58. The van der Waals surface area contributed by atoms with Crippen LogP contribution in [0.2, 0.25) is 0 Å². The number of rotatable bonds is 3. The molecule has 0 N–H and O–H groups in total. The van der Waals surface area contributed by atoms with Crippen molar-refractivity contribution < 1.29 is 27.5 Å². The van der Waals surface area contributed by atoms with Crippen LogP contribution in [0, 0.1) is 0 Å². The monoisotopic (exact) mass is 277 g/mol. The summed E-state index contributed by atoms with van der Waals surface area (Å²) in [6.45, 7) is 1.26. The number of esters is 1. The molecule has 0 spiro atoms. The Kier molecular flexibility index (Phi) is 2.90. The van der Waals surface area contributed by atoms with E-state index >= 15 is 0 Å². The van der Waals surface area contributed by atoms with Gasteiger partial charge in [0.25, 0.3) is 0 Å². The summed E-state index contributed by atoms with van der Waals surface area (Å²) >= 11 is 0. The maximum Gasteiger partial charge on any atom is 0.330 e. The van der Waals surface area contributed by atoms with Crippen LogP contribution in [-0.2, 0) is 28.9 Å². The fraction of sp³-hybridized carbons (Fsp3) is 0.800. The summed E-state index contributed by atoms with van der Waals surface area (Å²) in [5.74, 6) is -1.08. The number of sulfone groups is 1. The van der Waals surface area contributed by atoms with Gasteiger partial charge in [0.15, 0.2) is 15.9 Å². The van der Waals surface area contributed by atoms with Gasteiger partial charge in [0, 0.05) is 7.11 Å². The predicted molar refractivity (Wildman–Crippen MR) is 60.3 cm³/mol. The Morgan fingerprint density at radius 3 is 2.56 bits per heavy atom. The molecular weight excluding hydrogens is 262 g/mol. The van der Waals surface area contributed by atoms with Gasteiger partial charge in [-0.05, 0) is 6.92 Å². The zero-order valence-electron chi connectivity index (χ0n) is 10.4. The van der Waals surface area contributed by atoms with Crippen LogP contribution in [0.1, 0.15) is 13.3 Å². The molecule has 0 bridgehead atoms. The van der Waals surface area contributed by atoms with Crippen LogP contribution in [0.4, 0.5) is 0 Å². The molecule has 2 aliphatic heterocycles. The molecule has 2 rings (SSSR count). The van der Waals surface area contributed by atoms with E-state index in [0.717, 1.165) is 4.90 Å². The number of carbonyl (C=O) groups is 2. The summed E-state index contributed by atoms with van der Waals surface area (Å²) in [5.41, 5.74) is 0. The van der Waals surface area contributed by atoms with Crippen LogP contribution < -0.4 is 0 Å². The molecule has 2 fully saturated rings. The molecule has 7 nitrogen and oxygen atoms in total. The van der Waals surface area contributed by atoms with E-state index in [4.69, 9.17) is 4.74 Å². The molecular formula is C10H15NO6S. The highest BCUT2D eigenvalue weighted by atomic mass is 32.2. The van der Waals surface area contributed by atoms with Gasteiger partial charge in [-0.15, -0.1) is 0 Å². The highest BCUT2D eigenvalue weighted by Crippen LogP contribution is 2.46. The molecule has 102 valence electrons. The van der Waals surface area contributed by atoms with E-state index in [1.807, 2.05) is 0 Å². The van der Waals surface area contributed by atoms with Gasteiger partial charge >= 0.3 is 5.97 Å². The van der Waals surface area contributed by atoms with Gasteiger partial charge < -0.3 is 14.4 Å². The number of hydrogen-bond acceptors (Lipinski definition) is 6. The van der Waals surface area contributed by atoms with E-state index in [0.29, 0.717) is 0 Å². The number of fused-ring (bicyclic) bond motifs is 1.